The Morgan fingerprint density at radius 2 is 2.00 bits per heavy atom. The number of halogens is 1. The molecule has 0 aromatic rings. The van der Waals surface area contributed by atoms with E-state index in [4.69, 9.17) is 4.74 Å². The van der Waals surface area contributed by atoms with Gasteiger partial charge in [0, 0.05) is 60.3 Å². The molecule has 0 saturated carbocycles. The molecule has 0 bridgehead atoms. The predicted molar refractivity (Wildman–Crippen MR) is 109 cm³/mol. The van der Waals surface area contributed by atoms with Crippen molar-refractivity contribution in [2.75, 3.05) is 67.6 Å². The van der Waals surface area contributed by atoms with Crippen molar-refractivity contribution in [3.05, 3.63) is 0 Å². The maximum Gasteiger partial charge on any atom is 0.220 e. The van der Waals surface area contributed by atoms with Crippen LogP contribution in [0.2, 0.25) is 0 Å². The van der Waals surface area contributed by atoms with Gasteiger partial charge < -0.3 is 25.2 Å². The van der Waals surface area contributed by atoms with Gasteiger partial charge in [0.1, 0.15) is 0 Å². The van der Waals surface area contributed by atoms with Crippen LogP contribution in [0.15, 0.2) is 4.99 Å². The molecule has 0 unspecified atom stereocenters. The van der Waals surface area contributed by atoms with Crippen molar-refractivity contribution in [3.63, 3.8) is 0 Å². The zero-order valence-corrected chi connectivity index (χ0v) is 17.8. The van der Waals surface area contributed by atoms with E-state index in [9.17, 15) is 4.79 Å². The number of amides is 1. The highest BCUT2D eigenvalue weighted by molar-refractivity contribution is 14.0. The smallest absolute Gasteiger partial charge is 0.220 e. The van der Waals surface area contributed by atoms with Gasteiger partial charge in [-0.25, -0.2) is 0 Å². The van der Waals surface area contributed by atoms with Crippen molar-refractivity contribution >= 4 is 35.8 Å². The number of carbonyl (C=O) groups is 1. The van der Waals surface area contributed by atoms with Gasteiger partial charge >= 0.3 is 0 Å². The quantitative estimate of drug-likeness (QED) is 0.319. The monoisotopic (exact) mass is 455 g/mol. The molecule has 1 saturated heterocycles. The van der Waals surface area contributed by atoms with Gasteiger partial charge in [-0.2, -0.15) is 0 Å². The molecule has 1 amide bonds. The summed E-state index contributed by atoms with van der Waals surface area (Å²) in [6, 6.07) is 0. The summed E-state index contributed by atoms with van der Waals surface area (Å²) < 4.78 is 5.08. The molecule has 0 aromatic heterocycles. The van der Waals surface area contributed by atoms with Crippen molar-refractivity contribution in [2.45, 2.75) is 19.3 Å². The van der Waals surface area contributed by atoms with Crippen molar-refractivity contribution in [1.82, 2.24) is 20.4 Å². The molecular weight excluding hydrogens is 421 g/mol. The summed E-state index contributed by atoms with van der Waals surface area (Å²) in [4.78, 5) is 20.4. The summed E-state index contributed by atoms with van der Waals surface area (Å²) in [5, 5.41) is 6.14. The SMILES string of the molecule is CN=C(NCCN(C)CCOC)N1CCC(CC(=O)NC)CC1.I. The van der Waals surface area contributed by atoms with Gasteiger partial charge in [0.15, 0.2) is 5.96 Å². The van der Waals surface area contributed by atoms with E-state index in [0.29, 0.717) is 12.3 Å². The number of piperidine rings is 1. The number of hydrogen-bond acceptors (Lipinski definition) is 4. The summed E-state index contributed by atoms with van der Waals surface area (Å²) in [7, 11) is 7.34. The first-order valence-corrected chi connectivity index (χ1v) is 8.44. The molecule has 1 heterocycles. The minimum absolute atomic E-state index is 0. The lowest BCUT2D eigenvalue weighted by molar-refractivity contribution is -0.121. The fourth-order valence-electron chi connectivity index (χ4n) is 2.76. The Morgan fingerprint density at radius 3 is 2.54 bits per heavy atom. The molecule has 142 valence electrons. The van der Waals surface area contributed by atoms with Crippen LogP contribution in [0, 0.1) is 5.92 Å². The normalized spacial score (nSPS) is 16.0. The minimum atomic E-state index is 0. The van der Waals surface area contributed by atoms with E-state index in [-0.39, 0.29) is 29.9 Å². The number of likely N-dealkylation sites (N-methyl/N-ethyl adjacent to an activating group) is 1. The number of nitrogens with one attached hydrogen (secondary N) is 2. The topological polar surface area (TPSA) is 69.2 Å². The van der Waals surface area contributed by atoms with Crippen LogP contribution in [0.4, 0.5) is 0 Å². The highest BCUT2D eigenvalue weighted by atomic mass is 127. The number of nitrogens with zero attached hydrogens (tertiary/aromatic N) is 3. The second kappa shape index (κ2) is 13.7. The molecule has 0 radical (unpaired) electrons. The second-order valence-corrected chi connectivity index (χ2v) is 6.08. The molecule has 24 heavy (non-hydrogen) atoms. The van der Waals surface area contributed by atoms with E-state index in [0.717, 1.165) is 58.1 Å². The summed E-state index contributed by atoms with van der Waals surface area (Å²) in [6.45, 7) is 5.42. The zero-order chi connectivity index (χ0) is 17.1. The van der Waals surface area contributed by atoms with Gasteiger partial charge in [-0.1, -0.05) is 0 Å². The van der Waals surface area contributed by atoms with E-state index in [2.05, 4.69) is 32.5 Å². The molecule has 1 aliphatic heterocycles. The number of aliphatic imine (C=N–C) groups is 1. The largest absolute Gasteiger partial charge is 0.383 e. The standard InChI is InChI=1S/C16H33N5O2.HI/c1-17-15(22)13-14-5-8-21(9-6-14)16(18-2)19-7-10-20(3)11-12-23-4;/h14H,5-13H2,1-4H3,(H,17,22)(H,18,19);1H. The summed E-state index contributed by atoms with van der Waals surface area (Å²) in [5.41, 5.74) is 0. The molecule has 0 spiro atoms. The molecule has 0 atom stereocenters. The van der Waals surface area contributed by atoms with Crippen molar-refractivity contribution < 1.29 is 9.53 Å². The van der Waals surface area contributed by atoms with Crippen molar-refractivity contribution in [2.24, 2.45) is 10.9 Å². The number of likely N-dealkylation sites (tertiary alicyclic amines) is 1. The Balaban J connectivity index is 0.00000529. The lowest BCUT2D eigenvalue weighted by atomic mass is 9.93. The number of hydrogen-bond donors (Lipinski definition) is 2. The van der Waals surface area contributed by atoms with Crippen molar-refractivity contribution in [3.8, 4) is 0 Å². The van der Waals surface area contributed by atoms with E-state index in [1.807, 2.05) is 7.05 Å². The lowest BCUT2D eigenvalue weighted by Crippen LogP contribution is -2.47. The fraction of sp³-hybridized carbons (Fsp3) is 0.875. The number of carbonyl (C=O) groups excluding carboxylic acids is 1. The Labute approximate surface area is 163 Å². The molecule has 1 aliphatic rings. The first kappa shape index (κ1) is 23.4. The zero-order valence-electron chi connectivity index (χ0n) is 15.5. The van der Waals surface area contributed by atoms with Crippen LogP contribution >= 0.6 is 24.0 Å². The molecule has 1 rings (SSSR count). The summed E-state index contributed by atoms with van der Waals surface area (Å²) >= 11 is 0. The van der Waals surface area contributed by atoms with Crippen molar-refractivity contribution in [1.29, 1.82) is 0 Å². The number of methoxy groups -OCH3 is 1. The molecule has 0 aliphatic carbocycles. The van der Waals surface area contributed by atoms with Crippen LogP contribution in [0.5, 0.6) is 0 Å². The number of ether oxygens (including phenoxy) is 1. The lowest BCUT2D eigenvalue weighted by Gasteiger charge is -2.34. The summed E-state index contributed by atoms with van der Waals surface area (Å²) in [6.07, 6.45) is 2.73. The van der Waals surface area contributed by atoms with Gasteiger partial charge in [0.2, 0.25) is 5.91 Å². The third kappa shape index (κ3) is 9.03. The molecule has 2 N–H and O–H groups in total. The Kier molecular flexibility index (Phi) is 13.3. The van der Waals surface area contributed by atoms with Crippen LogP contribution in [-0.2, 0) is 9.53 Å². The van der Waals surface area contributed by atoms with E-state index < -0.39 is 0 Å². The predicted octanol–water partition coefficient (Wildman–Crippen LogP) is 0.606. The van der Waals surface area contributed by atoms with E-state index >= 15 is 0 Å². The van der Waals surface area contributed by atoms with Crippen LogP contribution in [0.25, 0.3) is 0 Å². The first-order valence-electron chi connectivity index (χ1n) is 8.44. The maximum absolute atomic E-state index is 11.5. The Bertz CT molecular complexity index is 373. The summed E-state index contributed by atoms with van der Waals surface area (Å²) in [5.74, 6) is 1.60. The first-order chi connectivity index (χ1) is 11.1. The molecule has 7 nitrogen and oxygen atoms in total. The highest BCUT2D eigenvalue weighted by Crippen LogP contribution is 2.20. The van der Waals surface area contributed by atoms with Crippen LogP contribution in [0.3, 0.4) is 0 Å². The van der Waals surface area contributed by atoms with Crippen LogP contribution < -0.4 is 10.6 Å². The number of guanidine groups is 1. The third-order valence-corrected chi connectivity index (χ3v) is 4.33. The average molecular weight is 455 g/mol. The highest BCUT2D eigenvalue weighted by Gasteiger charge is 2.22. The fourth-order valence-corrected chi connectivity index (χ4v) is 2.76. The Hall–Kier alpha value is -0.610. The van der Waals surface area contributed by atoms with Gasteiger partial charge in [-0.05, 0) is 25.8 Å². The van der Waals surface area contributed by atoms with E-state index in [1.54, 1.807) is 14.2 Å². The van der Waals surface area contributed by atoms with Crippen LogP contribution in [-0.4, -0.2) is 89.3 Å². The number of rotatable bonds is 8. The minimum Gasteiger partial charge on any atom is -0.383 e. The third-order valence-electron chi connectivity index (χ3n) is 4.33. The molecule has 1 fully saturated rings. The molecular formula is C16H34IN5O2. The molecule has 8 heteroatoms. The van der Waals surface area contributed by atoms with Gasteiger partial charge in [-0.15, -0.1) is 24.0 Å². The van der Waals surface area contributed by atoms with E-state index in [1.165, 1.54) is 0 Å². The molecule has 0 aromatic carbocycles. The van der Waals surface area contributed by atoms with Gasteiger partial charge in [0.25, 0.3) is 0 Å². The van der Waals surface area contributed by atoms with Gasteiger partial charge in [0.05, 0.1) is 6.61 Å². The van der Waals surface area contributed by atoms with Gasteiger partial charge in [-0.3, -0.25) is 9.79 Å². The maximum atomic E-state index is 11.5. The second-order valence-electron chi connectivity index (χ2n) is 6.08. The Morgan fingerprint density at radius 1 is 1.33 bits per heavy atom. The van der Waals surface area contributed by atoms with Crippen LogP contribution in [0.1, 0.15) is 19.3 Å². The average Bonchev–Trinajstić information content (AvgIpc) is 2.57.